The highest BCUT2D eigenvalue weighted by Gasteiger charge is 2.21. The molecule has 244 valence electrons. The molecule has 0 fully saturated rings. The van der Waals surface area contributed by atoms with Crippen molar-refractivity contribution in [1.29, 1.82) is 0 Å². The summed E-state index contributed by atoms with van der Waals surface area (Å²) >= 11 is 0. The van der Waals surface area contributed by atoms with E-state index in [2.05, 4.69) is 27.7 Å². The maximum absolute atomic E-state index is 12.8. The maximum Gasteiger partial charge on any atom is 0.317 e. The Hall–Kier alpha value is -1.06. The van der Waals surface area contributed by atoms with Crippen LogP contribution in [0.2, 0.25) is 0 Å². The van der Waals surface area contributed by atoms with Gasteiger partial charge in [0.2, 0.25) is 0 Å². The smallest absolute Gasteiger partial charge is 0.317 e. The molecular formula is C37H72O4. The van der Waals surface area contributed by atoms with Gasteiger partial charge >= 0.3 is 11.9 Å². The molecule has 41 heavy (non-hydrogen) atoms. The van der Waals surface area contributed by atoms with Crippen LogP contribution in [0.5, 0.6) is 0 Å². The average Bonchev–Trinajstić information content (AvgIpc) is 2.95. The van der Waals surface area contributed by atoms with Crippen LogP contribution in [0, 0.1) is 0 Å². The van der Waals surface area contributed by atoms with E-state index in [1.807, 2.05) is 0 Å². The number of carbonyl (C=O) groups excluding carboxylic acids is 2. The summed E-state index contributed by atoms with van der Waals surface area (Å²) < 4.78 is 11.8. The summed E-state index contributed by atoms with van der Waals surface area (Å²) in [4.78, 5) is 25.6. The molecule has 0 N–H and O–H groups in total. The minimum Gasteiger partial charge on any atom is -0.462 e. The molecule has 0 radical (unpaired) electrons. The highest BCUT2D eigenvalue weighted by molar-refractivity contribution is 5.91. The molecule has 0 rings (SSSR count). The highest BCUT2D eigenvalue weighted by atomic mass is 16.6. The lowest BCUT2D eigenvalue weighted by atomic mass is 10.0. The van der Waals surface area contributed by atoms with Crippen molar-refractivity contribution >= 4 is 11.9 Å². The van der Waals surface area contributed by atoms with E-state index < -0.39 is 11.9 Å². The lowest BCUT2D eigenvalue weighted by Crippen LogP contribution is -2.24. The summed E-state index contributed by atoms with van der Waals surface area (Å²) in [5, 5.41) is 0. The third-order valence-corrected chi connectivity index (χ3v) is 8.40. The predicted octanol–water partition coefficient (Wildman–Crippen LogP) is 12.2. The Morgan fingerprint density at radius 1 is 0.366 bits per heavy atom. The van der Waals surface area contributed by atoms with Crippen LogP contribution in [0.4, 0.5) is 0 Å². The Bertz CT molecular complexity index is 481. The third kappa shape index (κ3) is 28.8. The Labute approximate surface area is 256 Å². The zero-order valence-electron chi connectivity index (χ0n) is 28.3. The molecule has 4 nitrogen and oxygen atoms in total. The molecule has 0 aliphatic rings. The summed E-state index contributed by atoms with van der Waals surface area (Å²) in [5.74, 6) is -0.787. The molecule has 4 heteroatoms. The number of ether oxygens (including phenoxy) is 2. The molecular weight excluding hydrogens is 508 g/mol. The van der Waals surface area contributed by atoms with Gasteiger partial charge in [0, 0.05) is 0 Å². The molecule has 0 bridgehead atoms. The molecule has 0 heterocycles. The van der Waals surface area contributed by atoms with Crippen molar-refractivity contribution in [2.45, 2.75) is 226 Å². The van der Waals surface area contributed by atoms with E-state index in [-0.39, 0.29) is 18.6 Å². The molecule has 0 aliphatic carbocycles. The third-order valence-electron chi connectivity index (χ3n) is 8.40. The van der Waals surface area contributed by atoms with Gasteiger partial charge < -0.3 is 9.47 Å². The normalized spacial score (nSPS) is 11.5. The molecule has 0 unspecified atom stereocenters. The van der Waals surface area contributed by atoms with Crippen molar-refractivity contribution in [3.8, 4) is 0 Å². The van der Waals surface area contributed by atoms with Crippen LogP contribution in [-0.2, 0) is 19.1 Å². The van der Waals surface area contributed by atoms with E-state index in [4.69, 9.17) is 9.47 Å². The summed E-state index contributed by atoms with van der Waals surface area (Å²) in [6.45, 7) is 8.97. The summed E-state index contributed by atoms with van der Waals surface area (Å²) in [7, 11) is 0. The summed E-state index contributed by atoms with van der Waals surface area (Å²) in [6.07, 6.45) is 33.0. The molecule has 0 aliphatic heterocycles. The molecule has 0 aromatic rings. The van der Waals surface area contributed by atoms with Gasteiger partial charge in [0.25, 0.3) is 0 Å². The summed E-state index contributed by atoms with van der Waals surface area (Å²) in [5.41, 5.74) is 0. The maximum atomic E-state index is 12.8. The first kappa shape index (κ1) is 39.9. The van der Waals surface area contributed by atoms with Crippen LogP contribution < -0.4 is 0 Å². The van der Waals surface area contributed by atoms with Gasteiger partial charge in [0.1, 0.15) is 18.6 Å². The fraction of sp³-hybridized carbons (Fsp3) is 0.946. The molecule has 0 amide bonds. The fourth-order valence-electron chi connectivity index (χ4n) is 5.71. The number of hydrogen-bond acceptors (Lipinski definition) is 4. The van der Waals surface area contributed by atoms with Crippen molar-refractivity contribution in [1.82, 2.24) is 0 Å². The highest BCUT2D eigenvalue weighted by Crippen LogP contribution is 2.20. The van der Waals surface area contributed by atoms with E-state index in [0.717, 1.165) is 51.4 Å². The lowest BCUT2D eigenvalue weighted by Gasteiger charge is -2.20. The first-order valence-electron chi connectivity index (χ1n) is 18.5. The second-order valence-corrected chi connectivity index (χ2v) is 12.6. The van der Waals surface area contributed by atoms with E-state index >= 15 is 0 Å². The van der Waals surface area contributed by atoms with E-state index in [1.165, 1.54) is 128 Å². The Balaban J connectivity index is 4.67. The van der Waals surface area contributed by atoms with Crippen LogP contribution in [-0.4, -0.2) is 24.1 Å². The van der Waals surface area contributed by atoms with E-state index in [9.17, 15) is 9.59 Å². The zero-order chi connectivity index (χ0) is 30.2. The van der Waals surface area contributed by atoms with Crippen molar-refractivity contribution < 1.29 is 19.1 Å². The van der Waals surface area contributed by atoms with Crippen molar-refractivity contribution in [2.75, 3.05) is 0 Å². The lowest BCUT2D eigenvalue weighted by molar-refractivity contribution is -0.161. The van der Waals surface area contributed by atoms with Crippen LogP contribution in [0.1, 0.15) is 214 Å². The number of esters is 2. The van der Waals surface area contributed by atoms with Crippen LogP contribution in [0.25, 0.3) is 0 Å². The number of carbonyl (C=O) groups is 2. The molecule has 0 atom stereocenters. The largest absolute Gasteiger partial charge is 0.462 e. The van der Waals surface area contributed by atoms with Gasteiger partial charge in [-0.3, -0.25) is 9.59 Å². The van der Waals surface area contributed by atoms with Crippen LogP contribution >= 0.6 is 0 Å². The van der Waals surface area contributed by atoms with E-state index in [0.29, 0.717) is 0 Å². The Morgan fingerprint density at radius 3 is 0.829 bits per heavy atom. The molecule has 0 saturated heterocycles. The first-order valence-corrected chi connectivity index (χ1v) is 18.5. The van der Waals surface area contributed by atoms with Crippen molar-refractivity contribution in [2.24, 2.45) is 0 Å². The second kappa shape index (κ2) is 31.9. The van der Waals surface area contributed by atoms with E-state index in [1.54, 1.807) is 0 Å². The van der Waals surface area contributed by atoms with Gasteiger partial charge in [-0.2, -0.15) is 0 Å². The van der Waals surface area contributed by atoms with Gasteiger partial charge in [0.05, 0.1) is 0 Å². The predicted molar refractivity (Wildman–Crippen MR) is 176 cm³/mol. The van der Waals surface area contributed by atoms with Gasteiger partial charge in [0.15, 0.2) is 0 Å². The number of hydrogen-bond donors (Lipinski definition) is 0. The van der Waals surface area contributed by atoms with Gasteiger partial charge in [-0.1, -0.05) is 156 Å². The van der Waals surface area contributed by atoms with Gasteiger partial charge in [-0.05, 0) is 51.4 Å². The molecule has 0 spiro atoms. The van der Waals surface area contributed by atoms with Crippen LogP contribution in [0.3, 0.4) is 0 Å². The van der Waals surface area contributed by atoms with Crippen LogP contribution in [0.15, 0.2) is 0 Å². The van der Waals surface area contributed by atoms with Crippen molar-refractivity contribution in [3.05, 3.63) is 0 Å². The Kier molecular flexibility index (Phi) is 31.0. The minimum absolute atomic E-state index is 0.0605. The first-order chi connectivity index (χ1) is 20.1. The Morgan fingerprint density at radius 2 is 0.585 bits per heavy atom. The SMILES string of the molecule is CCCCCCCCC(CCCCCCCC)OC(=O)CC(=O)OC(CCCCCCCC)CCCCCCCC. The average molecular weight is 581 g/mol. The van der Waals surface area contributed by atoms with Crippen molar-refractivity contribution in [3.63, 3.8) is 0 Å². The molecule has 0 aromatic heterocycles. The topological polar surface area (TPSA) is 52.6 Å². The molecule has 0 saturated carbocycles. The number of rotatable bonds is 32. The summed E-state index contributed by atoms with van der Waals surface area (Å²) in [6, 6.07) is 0. The second-order valence-electron chi connectivity index (χ2n) is 12.6. The monoisotopic (exact) mass is 581 g/mol. The molecule has 0 aromatic carbocycles. The fourth-order valence-corrected chi connectivity index (χ4v) is 5.71. The zero-order valence-corrected chi connectivity index (χ0v) is 28.3. The van der Waals surface area contributed by atoms with Gasteiger partial charge in [-0.15, -0.1) is 0 Å². The number of unbranched alkanes of at least 4 members (excludes halogenated alkanes) is 20. The minimum atomic E-state index is -0.394. The quantitative estimate of drug-likeness (QED) is 0.0451. The van der Waals surface area contributed by atoms with Gasteiger partial charge in [-0.25, -0.2) is 0 Å². The standard InChI is InChI=1S/C37H72O4/c1-5-9-13-17-21-25-29-34(30-26-22-18-14-10-6-2)40-36(38)33-37(39)41-35(31-27-23-19-15-11-7-3)32-28-24-20-16-12-8-4/h34-35H,5-33H2,1-4H3.